The van der Waals surface area contributed by atoms with Crippen LogP contribution in [0.5, 0.6) is 11.5 Å². The smallest absolute Gasteiger partial charge is 0.227 e. The van der Waals surface area contributed by atoms with Crippen LogP contribution in [0.1, 0.15) is 31.4 Å². The zero-order chi connectivity index (χ0) is 22.9. The van der Waals surface area contributed by atoms with Crippen LogP contribution in [0.4, 0.5) is 0 Å². The molecule has 2 atom stereocenters. The van der Waals surface area contributed by atoms with Crippen LogP contribution in [-0.2, 0) is 22.5 Å². The number of carbonyl (C=O) groups excluding carboxylic acids is 1. The van der Waals surface area contributed by atoms with Crippen LogP contribution in [-0.4, -0.2) is 68.3 Å². The third kappa shape index (κ3) is 6.71. The van der Waals surface area contributed by atoms with E-state index >= 15 is 0 Å². The van der Waals surface area contributed by atoms with Gasteiger partial charge in [-0.05, 0) is 48.7 Å². The summed E-state index contributed by atoms with van der Waals surface area (Å²) in [7, 11) is 3.33. The zero-order valence-corrected chi connectivity index (χ0v) is 19.8. The van der Waals surface area contributed by atoms with Gasteiger partial charge in [0.2, 0.25) is 5.91 Å². The molecule has 1 heterocycles. The molecular formula is C26H36N2O4. The van der Waals surface area contributed by atoms with Gasteiger partial charge in [-0.25, -0.2) is 0 Å². The number of ether oxygens (including phenoxy) is 3. The number of hydrogen-bond donors (Lipinski definition) is 0. The Bertz CT molecular complexity index is 838. The Morgan fingerprint density at radius 3 is 2.22 bits per heavy atom. The lowest BCUT2D eigenvalue weighted by Gasteiger charge is -2.37. The van der Waals surface area contributed by atoms with Gasteiger partial charge in [0.1, 0.15) is 11.5 Å². The molecule has 0 N–H and O–H groups in total. The molecule has 0 saturated carbocycles. The average Bonchev–Trinajstić information content (AvgIpc) is 2.83. The summed E-state index contributed by atoms with van der Waals surface area (Å²) >= 11 is 0. The highest BCUT2D eigenvalue weighted by Crippen LogP contribution is 2.18. The van der Waals surface area contributed by atoms with Gasteiger partial charge in [-0.2, -0.15) is 0 Å². The van der Waals surface area contributed by atoms with Crippen molar-refractivity contribution in [3.63, 3.8) is 0 Å². The molecule has 1 fully saturated rings. The lowest BCUT2D eigenvalue weighted by Crippen LogP contribution is -2.50. The van der Waals surface area contributed by atoms with E-state index in [-0.39, 0.29) is 18.1 Å². The van der Waals surface area contributed by atoms with Crippen molar-refractivity contribution in [3.8, 4) is 11.5 Å². The fourth-order valence-electron chi connectivity index (χ4n) is 4.01. The lowest BCUT2D eigenvalue weighted by atomic mass is 10.1. The van der Waals surface area contributed by atoms with Crippen molar-refractivity contribution in [2.75, 3.05) is 40.5 Å². The number of morpholine rings is 1. The van der Waals surface area contributed by atoms with Gasteiger partial charge < -0.3 is 19.1 Å². The largest absolute Gasteiger partial charge is 0.497 e. The molecule has 1 saturated heterocycles. The molecule has 0 radical (unpaired) electrons. The van der Waals surface area contributed by atoms with Gasteiger partial charge in [-0.3, -0.25) is 9.69 Å². The van der Waals surface area contributed by atoms with Crippen molar-refractivity contribution < 1.29 is 19.0 Å². The van der Waals surface area contributed by atoms with Crippen molar-refractivity contribution in [2.24, 2.45) is 0 Å². The van der Waals surface area contributed by atoms with Gasteiger partial charge in [0.15, 0.2) is 0 Å². The van der Waals surface area contributed by atoms with Gasteiger partial charge in [-0.1, -0.05) is 31.2 Å². The Balaban J connectivity index is 1.60. The molecule has 2 aromatic carbocycles. The van der Waals surface area contributed by atoms with Crippen LogP contribution < -0.4 is 9.47 Å². The van der Waals surface area contributed by atoms with E-state index in [1.165, 1.54) is 5.56 Å². The number of amides is 1. The zero-order valence-electron chi connectivity index (χ0n) is 19.8. The number of carbonyl (C=O) groups is 1. The quantitative estimate of drug-likeness (QED) is 0.563. The fraction of sp³-hybridized carbons (Fsp3) is 0.500. The van der Waals surface area contributed by atoms with E-state index in [4.69, 9.17) is 14.2 Å². The highest BCUT2D eigenvalue weighted by Gasteiger charge is 2.27. The van der Waals surface area contributed by atoms with Crippen molar-refractivity contribution in [3.05, 3.63) is 59.7 Å². The van der Waals surface area contributed by atoms with Crippen LogP contribution >= 0.6 is 0 Å². The second kappa shape index (κ2) is 11.9. The van der Waals surface area contributed by atoms with E-state index in [9.17, 15) is 4.79 Å². The molecule has 2 unspecified atom stereocenters. The average molecular weight is 441 g/mol. The summed E-state index contributed by atoms with van der Waals surface area (Å²) in [6.07, 6.45) is 1.31. The van der Waals surface area contributed by atoms with Crippen LogP contribution in [0, 0.1) is 0 Å². The number of methoxy groups -OCH3 is 2. The van der Waals surface area contributed by atoms with Gasteiger partial charge in [-0.15, -0.1) is 0 Å². The van der Waals surface area contributed by atoms with Gasteiger partial charge in [0, 0.05) is 32.2 Å². The van der Waals surface area contributed by atoms with Gasteiger partial charge in [0.25, 0.3) is 0 Å². The summed E-state index contributed by atoms with van der Waals surface area (Å²) in [5.74, 6) is 1.81. The van der Waals surface area contributed by atoms with Crippen molar-refractivity contribution >= 4 is 5.91 Å². The predicted molar refractivity (Wildman–Crippen MR) is 126 cm³/mol. The number of rotatable bonds is 10. The van der Waals surface area contributed by atoms with Crippen LogP contribution in [0.25, 0.3) is 0 Å². The summed E-state index contributed by atoms with van der Waals surface area (Å²) in [5, 5.41) is 0. The van der Waals surface area contributed by atoms with Gasteiger partial charge >= 0.3 is 0 Å². The minimum Gasteiger partial charge on any atom is -0.497 e. The number of nitrogens with zero attached hydrogens (tertiary/aromatic N) is 2. The summed E-state index contributed by atoms with van der Waals surface area (Å²) in [5.41, 5.74) is 2.25. The van der Waals surface area contributed by atoms with E-state index < -0.39 is 0 Å². The third-order valence-electron chi connectivity index (χ3n) is 6.15. The molecule has 0 aromatic heterocycles. The highest BCUT2D eigenvalue weighted by atomic mass is 16.5. The van der Waals surface area contributed by atoms with E-state index in [1.807, 2.05) is 41.3 Å². The van der Waals surface area contributed by atoms with E-state index in [1.54, 1.807) is 14.2 Å². The first kappa shape index (κ1) is 24.1. The van der Waals surface area contributed by atoms with E-state index in [0.29, 0.717) is 19.6 Å². The summed E-state index contributed by atoms with van der Waals surface area (Å²) in [6.45, 7) is 8.11. The normalized spacial score (nSPS) is 17.6. The minimum atomic E-state index is 0.0100. The molecule has 1 amide bonds. The topological polar surface area (TPSA) is 51.2 Å². The predicted octanol–water partition coefficient (Wildman–Crippen LogP) is 3.77. The molecule has 2 aromatic rings. The van der Waals surface area contributed by atoms with Crippen LogP contribution in [0.2, 0.25) is 0 Å². The molecule has 32 heavy (non-hydrogen) atoms. The van der Waals surface area contributed by atoms with Gasteiger partial charge in [0.05, 0.1) is 33.4 Å². The monoisotopic (exact) mass is 440 g/mol. The maximum absolute atomic E-state index is 13.2. The maximum atomic E-state index is 13.2. The minimum absolute atomic E-state index is 0.0100. The Morgan fingerprint density at radius 1 is 1.06 bits per heavy atom. The summed E-state index contributed by atoms with van der Waals surface area (Å²) in [4.78, 5) is 17.6. The third-order valence-corrected chi connectivity index (χ3v) is 6.15. The molecule has 0 bridgehead atoms. The molecule has 3 rings (SSSR count). The molecule has 0 aliphatic carbocycles. The molecule has 1 aliphatic rings. The Hall–Kier alpha value is -2.57. The summed E-state index contributed by atoms with van der Waals surface area (Å²) in [6, 6.07) is 16.1. The Labute approximate surface area is 192 Å². The Kier molecular flexibility index (Phi) is 8.94. The number of hydrogen-bond acceptors (Lipinski definition) is 5. The first-order valence-corrected chi connectivity index (χ1v) is 11.4. The molecule has 1 aliphatic heterocycles. The van der Waals surface area contributed by atoms with Crippen LogP contribution in [0.3, 0.4) is 0 Å². The van der Waals surface area contributed by atoms with E-state index in [2.05, 4.69) is 30.9 Å². The molecule has 174 valence electrons. The number of benzene rings is 2. The molecular weight excluding hydrogens is 404 g/mol. The fourth-order valence-corrected chi connectivity index (χ4v) is 4.01. The molecule has 0 spiro atoms. The van der Waals surface area contributed by atoms with E-state index in [0.717, 1.165) is 43.1 Å². The standard InChI is InChI=1S/C26H36N2O4/c1-5-20(2)28(26(29)16-21-6-10-23(30-3)11-7-21)19-25-18-27(14-15-32-25)17-22-8-12-24(31-4)13-9-22/h6-13,20,25H,5,14-19H2,1-4H3. The van der Waals surface area contributed by atoms with Crippen molar-refractivity contribution in [1.82, 2.24) is 9.80 Å². The first-order chi connectivity index (χ1) is 15.5. The maximum Gasteiger partial charge on any atom is 0.227 e. The second-order valence-electron chi connectivity index (χ2n) is 8.40. The lowest BCUT2D eigenvalue weighted by molar-refractivity contribution is -0.136. The van der Waals surface area contributed by atoms with Crippen molar-refractivity contribution in [2.45, 2.75) is 45.4 Å². The summed E-state index contributed by atoms with van der Waals surface area (Å²) < 4.78 is 16.5. The van der Waals surface area contributed by atoms with Crippen molar-refractivity contribution in [1.29, 1.82) is 0 Å². The highest BCUT2D eigenvalue weighted by molar-refractivity contribution is 5.79. The van der Waals surface area contributed by atoms with Crippen LogP contribution in [0.15, 0.2) is 48.5 Å². The molecule has 6 heteroatoms. The first-order valence-electron chi connectivity index (χ1n) is 11.4. The SMILES string of the molecule is CCC(C)N(CC1CN(Cc2ccc(OC)cc2)CCO1)C(=O)Cc1ccc(OC)cc1. The molecule has 6 nitrogen and oxygen atoms in total. The Morgan fingerprint density at radius 2 is 1.66 bits per heavy atom. The second-order valence-corrected chi connectivity index (χ2v) is 8.40.